The van der Waals surface area contributed by atoms with Crippen LogP contribution in [-0.2, 0) is 10.6 Å². The summed E-state index contributed by atoms with van der Waals surface area (Å²) in [5.41, 5.74) is 0.328. The van der Waals surface area contributed by atoms with Gasteiger partial charge in [0.15, 0.2) is 0 Å². The molecule has 1 aromatic carbocycles. The van der Waals surface area contributed by atoms with E-state index in [0.717, 1.165) is 36.3 Å². The van der Waals surface area contributed by atoms with E-state index >= 15 is 0 Å². The minimum atomic E-state index is -4.27. The molecule has 0 saturated heterocycles. The Bertz CT molecular complexity index is 497. The molecule has 0 heterocycles. The van der Waals surface area contributed by atoms with Gasteiger partial charge in [0.2, 0.25) is 8.32 Å². The van der Waals surface area contributed by atoms with Gasteiger partial charge < -0.3 is 4.43 Å². The zero-order chi connectivity index (χ0) is 15.0. The Morgan fingerprint density at radius 3 is 2.20 bits per heavy atom. The van der Waals surface area contributed by atoms with Crippen molar-refractivity contribution >= 4 is 8.32 Å². The van der Waals surface area contributed by atoms with Crippen LogP contribution in [0.2, 0.25) is 19.6 Å². The zero-order valence-corrected chi connectivity index (χ0v) is 12.9. The third-order valence-electron chi connectivity index (χ3n) is 3.19. The van der Waals surface area contributed by atoms with Crippen molar-refractivity contribution in [2.45, 2.75) is 44.6 Å². The van der Waals surface area contributed by atoms with Gasteiger partial charge in [0.05, 0.1) is 11.3 Å². The Balaban J connectivity index is 2.10. The van der Waals surface area contributed by atoms with E-state index in [1.807, 2.05) is 0 Å². The number of hydrogen-bond donors (Lipinski definition) is 0. The van der Waals surface area contributed by atoms with Crippen molar-refractivity contribution in [2.75, 3.05) is 0 Å². The Hall–Kier alpha value is -1.23. The third kappa shape index (κ3) is 3.88. The average Bonchev–Trinajstić information content (AvgIpc) is 2.74. The summed E-state index contributed by atoms with van der Waals surface area (Å²) in [5, 5.41) is 0. The van der Waals surface area contributed by atoms with Crippen LogP contribution >= 0.6 is 0 Å². The Labute approximate surface area is 118 Å². The first kappa shape index (κ1) is 15.2. The second-order valence-corrected chi connectivity index (χ2v) is 10.5. The van der Waals surface area contributed by atoms with Gasteiger partial charge in [-0.15, -0.1) is 0 Å². The third-order valence-corrected chi connectivity index (χ3v) is 4.07. The Morgan fingerprint density at radius 2 is 1.70 bits per heavy atom. The number of hydrogen-bond acceptors (Lipinski definition) is 1. The number of benzene rings is 1. The lowest BCUT2D eigenvalue weighted by Crippen LogP contribution is -2.24. The molecule has 5 heteroatoms. The predicted molar refractivity (Wildman–Crippen MR) is 75.9 cm³/mol. The van der Waals surface area contributed by atoms with E-state index in [9.17, 15) is 13.2 Å². The number of rotatable bonds is 3. The zero-order valence-electron chi connectivity index (χ0n) is 11.9. The molecule has 1 aromatic rings. The second kappa shape index (κ2) is 5.28. The van der Waals surface area contributed by atoms with Crippen molar-refractivity contribution in [3.63, 3.8) is 0 Å². The molecule has 20 heavy (non-hydrogen) atoms. The smallest absolute Gasteiger partial charge is 0.416 e. The highest BCUT2D eigenvalue weighted by molar-refractivity contribution is 6.70. The number of allylic oxidation sites excluding steroid dienone is 2. The molecule has 0 fully saturated rings. The maximum absolute atomic E-state index is 12.5. The van der Waals surface area contributed by atoms with E-state index in [2.05, 4.69) is 25.7 Å². The molecule has 0 bridgehead atoms. The molecular formula is C15H19F3OSi. The normalized spacial score (nSPS) is 19.9. The second-order valence-electron chi connectivity index (χ2n) is 6.11. The first-order valence-electron chi connectivity index (χ1n) is 6.72. The molecule has 2 rings (SSSR count). The highest BCUT2D eigenvalue weighted by Gasteiger charge is 2.30. The van der Waals surface area contributed by atoms with E-state index < -0.39 is 20.1 Å². The molecule has 0 aromatic heterocycles. The molecule has 0 amide bonds. The lowest BCUT2D eigenvalue weighted by Gasteiger charge is -2.19. The van der Waals surface area contributed by atoms with Crippen molar-refractivity contribution in [3.8, 4) is 0 Å². The average molecular weight is 300 g/mol. The first-order valence-corrected chi connectivity index (χ1v) is 10.1. The molecule has 0 saturated carbocycles. The van der Waals surface area contributed by atoms with Gasteiger partial charge in [-0.05, 0) is 49.8 Å². The highest BCUT2D eigenvalue weighted by atomic mass is 28.4. The SMILES string of the molecule is C[Si](C)(C)OC1=C[C@@H](c2ccc(C(F)(F)F)cc2)CC1. The van der Waals surface area contributed by atoms with Gasteiger partial charge in [-0.3, -0.25) is 0 Å². The van der Waals surface area contributed by atoms with Gasteiger partial charge in [-0.25, -0.2) is 0 Å². The highest BCUT2D eigenvalue weighted by Crippen LogP contribution is 2.36. The van der Waals surface area contributed by atoms with E-state index in [0.29, 0.717) is 0 Å². The summed E-state index contributed by atoms with van der Waals surface area (Å²) in [5.74, 6) is 1.16. The van der Waals surface area contributed by atoms with Crippen molar-refractivity contribution < 1.29 is 17.6 Å². The number of alkyl halides is 3. The number of halogens is 3. The van der Waals surface area contributed by atoms with Gasteiger partial charge in [-0.2, -0.15) is 13.2 Å². The van der Waals surface area contributed by atoms with E-state index in [-0.39, 0.29) is 5.92 Å². The van der Waals surface area contributed by atoms with E-state index in [4.69, 9.17) is 4.43 Å². The van der Waals surface area contributed by atoms with Crippen molar-refractivity contribution in [1.29, 1.82) is 0 Å². The largest absolute Gasteiger partial charge is 0.548 e. The summed E-state index contributed by atoms with van der Waals surface area (Å²) in [4.78, 5) is 0. The van der Waals surface area contributed by atoms with Crippen LogP contribution in [0.1, 0.15) is 29.9 Å². The summed E-state index contributed by atoms with van der Waals surface area (Å²) in [6.07, 6.45) is -0.432. The van der Waals surface area contributed by atoms with Crippen molar-refractivity contribution in [3.05, 3.63) is 47.2 Å². The molecule has 0 aliphatic heterocycles. The van der Waals surface area contributed by atoms with Crippen LogP contribution in [-0.4, -0.2) is 8.32 Å². The summed E-state index contributed by atoms with van der Waals surface area (Å²) in [6, 6.07) is 5.45. The predicted octanol–water partition coefficient (Wildman–Crippen LogP) is 5.32. The van der Waals surface area contributed by atoms with Crippen LogP contribution in [0.5, 0.6) is 0 Å². The minimum Gasteiger partial charge on any atom is -0.548 e. The van der Waals surface area contributed by atoms with E-state index in [1.54, 1.807) is 12.1 Å². The van der Waals surface area contributed by atoms with E-state index in [1.165, 1.54) is 0 Å². The maximum atomic E-state index is 12.5. The van der Waals surface area contributed by atoms with Crippen LogP contribution in [0.4, 0.5) is 13.2 Å². The molecular weight excluding hydrogens is 281 g/mol. The lowest BCUT2D eigenvalue weighted by atomic mass is 9.97. The minimum absolute atomic E-state index is 0.170. The molecule has 0 N–H and O–H groups in total. The monoisotopic (exact) mass is 300 g/mol. The maximum Gasteiger partial charge on any atom is 0.416 e. The Morgan fingerprint density at radius 1 is 1.10 bits per heavy atom. The van der Waals surface area contributed by atoms with Gasteiger partial charge in [-0.1, -0.05) is 12.1 Å². The molecule has 1 atom stereocenters. The lowest BCUT2D eigenvalue weighted by molar-refractivity contribution is -0.137. The molecule has 0 unspecified atom stereocenters. The molecule has 0 radical (unpaired) electrons. The van der Waals surface area contributed by atoms with Crippen LogP contribution in [0, 0.1) is 0 Å². The molecule has 0 spiro atoms. The van der Waals surface area contributed by atoms with Crippen LogP contribution < -0.4 is 0 Å². The molecule has 1 aliphatic carbocycles. The molecule has 110 valence electrons. The fraction of sp³-hybridized carbons (Fsp3) is 0.467. The first-order chi connectivity index (χ1) is 9.15. The molecule has 1 nitrogen and oxygen atoms in total. The van der Waals surface area contributed by atoms with Gasteiger partial charge >= 0.3 is 6.18 Å². The standard InChI is InChI=1S/C15H19F3OSi/c1-20(2,3)19-14-9-6-12(10-14)11-4-7-13(8-5-11)15(16,17)18/h4-5,7-8,10,12H,6,9H2,1-3H3/t12-/m0/s1. The van der Waals surface area contributed by atoms with Crippen molar-refractivity contribution in [1.82, 2.24) is 0 Å². The van der Waals surface area contributed by atoms with Crippen LogP contribution in [0.25, 0.3) is 0 Å². The summed E-state index contributed by atoms with van der Waals surface area (Å²) < 4.78 is 43.5. The summed E-state index contributed by atoms with van der Waals surface area (Å²) >= 11 is 0. The molecule has 1 aliphatic rings. The van der Waals surface area contributed by atoms with Gasteiger partial charge in [0.25, 0.3) is 0 Å². The van der Waals surface area contributed by atoms with Gasteiger partial charge in [0.1, 0.15) is 0 Å². The summed E-state index contributed by atoms with van der Waals surface area (Å²) in [6.45, 7) is 6.37. The van der Waals surface area contributed by atoms with Gasteiger partial charge in [0, 0.05) is 12.3 Å². The summed E-state index contributed by atoms with van der Waals surface area (Å²) in [7, 11) is -1.60. The van der Waals surface area contributed by atoms with Crippen LogP contribution in [0.15, 0.2) is 36.1 Å². The fourth-order valence-electron chi connectivity index (χ4n) is 2.35. The van der Waals surface area contributed by atoms with Crippen LogP contribution in [0.3, 0.4) is 0 Å². The quantitative estimate of drug-likeness (QED) is 0.687. The topological polar surface area (TPSA) is 9.23 Å². The fourth-order valence-corrected chi connectivity index (χ4v) is 3.31. The Kier molecular flexibility index (Phi) is 4.00. The van der Waals surface area contributed by atoms with Crippen molar-refractivity contribution in [2.24, 2.45) is 0 Å².